The Balaban J connectivity index is 1.27. The number of nitrogens with one attached hydrogen (secondary N) is 15. The Morgan fingerprint density at radius 1 is 0.500 bits per heavy atom. The molecule has 24 N–H and O–H groups in total. The monoisotopic (exact) mass is 1870 g/mol. The van der Waals surface area contributed by atoms with Gasteiger partial charge in [-0.2, -0.15) is 0 Å². The number of cyclic esters (lactones) is 1. The smallest absolute Gasteiger partial charge is 0.407 e. The van der Waals surface area contributed by atoms with Gasteiger partial charge >= 0.3 is 42.0 Å². The molecule has 5 aromatic carbocycles. The molecule has 722 valence electrons. The molecule has 1 fully saturated rings. The van der Waals surface area contributed by atoms with Crippen LogP contribution in [0.15, 0.2) is 115 Å². The van der Waals surface area contributed by atoms with Crippen molar-refractivity contribution in [3.05, 3.63) is 138 Å². The molecule has 5 aromatic rings. The second-order valence-electron chi connectivity index (χ2n) is 32.1. The number of ketones is 1. The van der Waals surface area contributed by atoms with E-state index < -0.39 is 274 Å². The minimum atomic E-state index is -2.51. The number of nitrogen functional groups attached to an aromatic ring is 1. The number of carboxylic acid groups (broad SMARTS) is 4. The number of urea groups is 1. The average Bonchev–Trinajstić information content (AvgIpc) is 1.61. The fraction of sp³-hybridized carbons (Fsp3) is 0.449. The van der Waals surface area contributed by atoms with Gasteiger partial charge in [-0.1, -0.05) is 156 Å². The van der Waals surface area contributed by atoms with Gasteiger partial charge in [-0.05, 0) is 89.8 Å². The van der Waals surface area contributed by atoms with Crippen LogP contribution in [-0.2, 0) is 102 Å². The molecule has 1 aliphatic carbocycles. The molecule has 45 heteroatoms. The number of carbonyl (C=O) groups excluding carboxylic acids is 17. The zero-order chi connectivity index (χ0) is 98.4. The number of aliphatic carboxylic acids is 4. The molecule has 0 aromatic heterocycles. The normalized spacial score (nSPS) is 20.1. The number of hydrogen-bond donors (Lipinski definition) is 22. The summed E-state index contributed by atoms with van der Waals surface area (Å²) in [6, 6.07) is 8.00. The number of nitrogens with two attached hydrogens (primary N) is 2. The zero-order valence-electron chi connectivity index (χ0n) is 73.9. The second-order valence-corrected chi connectivity index (χ2v) is 32.1. The number of primary amides is 1. The lowest BCUT2D eigenvalue weighted by Gasteiger charge is -2.30. The number of carbonyl (C=O) groups is 21. The highest BCUT2D eigenvalue weighted by Gasteiger charge is 2.42. The summed E-state index contributed by atoms with van der Waals surface area (Å²) in [5.74, 6) is -30.2. The van der Waals surface area contributed by atoms with Crippen LogP contribution >= 0.6 is 0 Å². The molecule has 7 rings (SSSR count). The number of aliphatic hydroxyl groups excluding tert-OH is 1. The van der Waals surface area contributed by atoms with E-state index in [1.165, 1.54) is 24.3 Å². The molecule has 1 aliphatic heterocycles. The van der Waals surface area contributed by atoms with Crippen molar-refractivity contribution in [1.82, 2.24) is 79.8 Å². The Morgan fingerprint density at radius 3 is 1.65 bits per heavy atom. The topological polar surface area (TPSA) is 711 Å². The van der Waals surface area contributed by atoms with Gasteiger partial charge in [-0.15, -0.1) is 0 Å². The average molecular weight is 1870 g/mol. The third-order valence-electron chi connectivity index (χ3n) is 21.7. The molecule has 16 amide bonds. The third-order valence-corrected chi connectivity index (χ3v) is 21.7. The largest absolute Gasteiger partial charge is 0.481 e. The summed E-state index contributed by atoms with van der Waals surface area (Å²) in [6.07, 6.45) is -5.16. The van der Waals surface area contributed by atoms with Gasteiger partial charge in [0.2, 0.25) is 76.8 Å². The van der Waals surface area contributed by atoms with Crippen molar-refractivity contribution >= 4 is 141 Å². The standard InChI is InChI=1S/C89H113N17O28/c1-5-6-7-8-9-10-19-33-92-88(131)104-60(36-50-24-20-23-49-22-11-12-25-51(49)50)81(124)100-61(38-68(91)109)82(125)102-64(41-74(118)119)83(126)106-76-48(4)134-87(130)65(37-67(108)56-30-17-18-31-58(56)90)103-86(129)75(46(2)35-71(112)113)105-84(127)66(44-107)98-70(111)42-94-78(121)62(39-72(114)115)99-77(120)47(3)96-80(123)63(40-73(116)117)101-79(122)59(97-69(110)43-95-85(76)128)32-21-34-93-89(132)133-45-57-54-28-15-13-26-52(54)53-27-14-16-29-55(53)57/h11-18,20,22-31,46-48,57,59-66,75-76,107H,5-10,19,21,32-45,90H2,1-4H3,(H2,91,109)(H,93,132)(H,94,121)(H,95,128)(H,96,123)(H,97,110)(H,98,111)(H,99,120)(H,100,124)(H,101,122)(H,102,125)(H,103,129)(H,105,127)(H,106,126)(H,112,113)(H,114,115)(H,116,117)(H,118,119)(H2,92,104,131)/t46?,47?,48?,59?,60-,61-,62?,63?,64-,65?,66?,75?,76?/m0/s1. The molecule has 2 aliphatic rings. The summed E-state index contributed by atoms with van der Waals surface area (Å²) in [5.41, 5.74) is 15.3. The number of ether oxygens (including phenoxy) is 2. The first-order chi connectivity index (χ1) is 63.7. The number of hydrogen-bond acceptors (Lipinski definition) is 25. The van der Waals surface area contributed by atoms with Gasteiger partial charge in [0.25, 0.3) is 0 Å². The van der Waals surface area contributed by atoms with E-state index in [0.717, 1.165) is 86.9 Å². The lowest BCUT2D eigenvalue weighted by atomic mass is 9.96. The van der Waals surface area contributed by atoms with Crippen LogP contribution in [-0.4, -0.2) is 262 Å². The minimum Gasteiger partial charge on any atom is -0.481 e. The Kier molecular flexibility index (Phi) is 41.5. The maximum absolute atomic E-state index is 15.1. The summed E-state index contributed by atoms with van der Waals surface area (Å²) in [7, 11) is 0. The van der Waals surface area contributed by atoms with Crippen LogP contribution in [0.2, 0.25) is 0 Å². The maximum Gasteiger partial charge on any atom is 0.407 e. The number of aliphatic hydroxyl groups is 1. The molecule has 1 heterocycles. The number of unbranched alkanes of at least 4 members (excludes halogenated alkanes) is 6. The quantitative estimate of drug-likeness (QED) is 0.00918. The molecular formula is C89H113N17O28. The summed E-state index contributed by atoms with van der Waals surface area (Å²) in [6.45, 7) is 0.835. The number of benzene rings is 5. The number of carboxylic acids is 4. The second kappa shape index (κ2) is 52.6. The highest BCUT2D eigenvalue weighted by molar-refractivity contribution is 6.05. The summed E-state index contributed by atoms with van der Waals surface area (Å²) >= 11 is 0. The van der Waals surface area contributed by atoms with E-state index in [9.17, 15) is 112 Å². The van der Waals surface area contributed by atoms with Gasteiger partial charge < -0.3 is 126 Å². The van der Waals surface area contributed by atoms with Gasteiger partial charge in [0.1, 0.15) is 79.2 Å². The molecule has 45 nitrogen and oxygen atoms in total. The SMILES string of the molecule is CCCCCCCCCNC(=O)N[C@@H](Cc1cccc2ccccc12)C(=O)N[C@@H](CC(N)=O)C(=O)N[C@@H](CC(=O)O)C(=O)NC1C(=O)NCC(=O)NC(CCCNC(=O)OCC2c3ccccc3-c3ccccc32)C(=O)NC(CC(=O)O)C(=O)NC(C)C(=O)NC(CC(=O)O)C(=O)NCC(=O)NC(CO)C(=O)NC(C(C)CC(=O)O)C(=O)NC(CC(=O)c2ccccc2N)C(=O)OC1C. The molecular weight excluding hydrogens is 1760 g/mol. The van der Waals surface area contributed by atoms with E-state index in [1.54, 1.807) is 42.5 Å². The van der Waals surface area contributed by atoms with E-state index in [0.29, 0.717) is 17.4 Å². The molecule has 10 unspecified atom stereocenters. The number of para-hydroxylation sites is 1. The van der Waals surface area contributed by atoms with Crippen molar-refractivity contribution in [3.8, 4) is 11.1 Å². The number of esters is 1. The molecule has 0 spiro atoms. The van der Waals surface area contributed by atoms with Crippen LogP contribution in [0.25, 0.3) is 21.9 Å². The van der Waals surface area contributed by atoms with Crippen molar-refractivity contribution in [3.63, 3.8) is 0 Å². The first kappa shape index (κ1) is 106. The van der Waals surface area contributed by atoms with Crippen LogP contribution in [0.5, 0.6) is 0 Å². The van der Waals surface area contributed by atoms with Crippen molar-refractivity contribution < 1.29 is 136 Å². The zero-order valence-corrected chi connectivity index (χ0v) is 73.9. The van der Waals surface area contributed by atoms with Crippen molar-refractivity contribution in [2.75, 3.05) is 45.1 Å². The van der Waals surface area contributed by atoms with Crippen LogP contribution in [0.4, 0.5) is 15.3 Å². The summed E-state index contributed by atoms with van der Waals surface area (Å²) < 4.78 is 11.4. The van der Waals surface area contributed by atoms with E-state index in [4.69, 9.17) is 20.9 Å². The van der Waals surface area contributed by atoms with Crippen molar-refractivity contribution in [2.24, 2.45) is 11.7 Å². The predicted octanol–water partition coefficient (Wildman–Crippen LogP) is -1.58. The minimum absolute atomic E-state index is 0.156. The van der Waals surface area contributed by atoms with Gasteiger partial charge in [0, 0.05) is 43.1 Å². The van der Waals surface area contributed by atoms with Crippen LogP contribution < -0.4 is 91.2 Å². The van der Waals surface area contributed by atoms with Gasteiger partial charge in [0.05, 0.1) is 51.8 Å². The highest BCUT2D eigenvalue weighted by Crippen LogP contribution is 2.44. The number of amides is 16. The number of anilines is 1. The lowest BCUT2D eigenvalue weighted by Crippen LogP contribution is -2.62. The van der Waals surface area contributed by atoms with Crippen molar-refractivity contribution in [2.45, 2.75) is 209 Å². The Hall–Kier alpha value is -15.2. The van der Waals surface area contributed by atoms with Crippen LogP contribution in [0.1, 0.15) is 157 Å². The van der Waals surface area contributed by atoms with E-state index >= 15 is 14.4 Å². The van der Waals surface area contributed by atoms with Gasteiger partial charge in [-0.25, -0.2) is 14.4 Å². The molecule has 0 radical (unpaired) electrons. The Morgan fingerprint density at radius 2 is 1.03 bits per heavy atom. The van der Waals surface area contributed by atoms with E-state index in [2.05, 4.69) is 70.7 Å². The number of fused-ring (bicyclic) bond motifs is 4. The Labute approximate surface area is 767 Å². The third kappa shape index (κ3) is 33.3. The summed E-state index contributed by atoms with van der Waals surface area (Å²) in [5, 5.41) is 85.5. The fourth-order valence-electron chi connectivity index (χ4n) is 14.7. The van der Waals surface area contributed by atoms with E-state index in [1.807, 2.05) is 64.5 Å². The van der Waals surface area contributed by atoms with Gasteiger partial charge in [0.15, 0.2) is 5.78 Å². The molecule has 13 atom stereocenters. The Bertz CT molecular complexity index is 5100. The van der Waals surface area contributed by atoms with Crippen LogP contribution in [0.3, 0.4) is 0 Å². The predicted molar refractivity (Wildman–Crippen MR) is 474 cm³/mol. The lowest BCUT2D eigenvalue weighted by molar-refractivity contribution is -0.156. The molecule has 134 heavy (non-hydrogen) atoms. The number of alkyl carbamates (subject to hydrolysis) is 1. The van der Waals surface area contributed by atoms with E-state index in [-0.39, 0.29) is 43.8 Å². The van der Waals surface area contributed by atoms with Crippen LogP contribution in [0, 0.1) is 5.92 Å². The summed E-state index contributed by atoms with van der Waals surface area (Å²) in [4.78, 5) is 291. The molecule has 0 bridgehead atoms. The fourth-order valence-corrected chi connectivity index (χ4v) is 14.7. The highest BCUT2D eigenvalue weighted by atomic mass is 16.6. The number of Topliss-reactive ketones (excluding diaryl/α,β-unsaturated/α-hetero) is 1. The maximum atomic E-state index is 15.1. The van der Waals surface area contributed by atoms with Gasteiger partial charge in [-0.3, -0.25) is 86.3 Å². The molecule has 0 saturated carbocycles. The molecule has 1 saturated heterocycles. The number of rotatable bonds is 38. The van der Waals surface area contributed by atoms with Crippen molar-refractivity contribution in [1.29, 1.82) is 0 Å². The first-order valence-electron chi connectivity index (χ1n) is 43.3. The first-order valence-corrected chi connectivity index (χ1v) is 43.3.